The van der Waals surface area contributed by atoms with Crippen molar-refractivity contribution < 1.29 is 17.9 Å². The standard InChI is InChI=1S/C12H13F3N2O/c1-18-6-2-5-17-11-4-3-10(12(13,14)15)7-9(11)8-16/h3-4,7,17H,2,5-6H2,1H3. The third kappa shape index (κ3) is 3.93. The minimum atomic E-state index is -4.43. The van der Waals surface area contributed by atoms with E-state index in [-0.39, 0.29) is 5.56 Å². The van der Waals surface area contributed by atoms with Gasteiger partial charge in [-0.1, -0.05) is 0 Å². The fraction of sp³-hybridized carbons (Fsp3) is 0.417. The van der Waals surface area contributed by atoms with Crippen molar-refractivity contribution in [1.82, 2.24) is 0 Å². The van der Waals surface area contributed by atoms with Gasteiger partial charge in [0.25, 0.3) is 0 Å². The Morgan fingerprint density at radius 3 is 2.67 bits per heavy atom. The van der Waals surface area contributed by atoms with E-state index in [1.165, 1.54) is 6.07 Å². The number of methoxy groups -OCH3 is 1. The van der Waals surface area contributed by atoms with E-state index < -0.39 is 11.7 Å². The Bertz CT molecular complexity index is 438. The first-order valence-electron chi connectivity index (χ1n) is 5.33. The fourth-order valence-electron chi connectivity index (χ4n) is 1.41. The Labute approximate surface area is 103 Å². The number of nitrogens with zero attached hydrogens (tertiary/aromatic N) is 1. The van der Waals surface area contributed by atoms with E-state index in [9.17, 15) is 13.2 Å². The van der Waals surface area contributed by atoms with Crippen LogP contribution in [0.2, 0.25) is 0 Å². The van der Waals surface area contributed by atoms with E-state index in [0.29, 0.717) is 25.3 Å². The molecule has 0 bridgehead atoms. The van der Waals surface area contributed by atoms with Crippen LogP contribution in [0.1, 0.15) is 17.5 Å². The van der Waals surface area contributed by atoms with Crippen molar-refractivity contribution in [2.45, 2.75) is 12.6 Å². The number of rotatable bonds is 5. The van der Waals surface area contributed by atoms with Crippen molar-refractivity contribution in [3.05, 3.63) is 29.3 Å². The zero-order chi connectivity index (χ0) is 13.6. The summed E-state index contributed by atoms with van der Waals surface area (Å²) in [4.78, 5) is 0. The van der Waals surface area contributed by atoms with Crippen molar-refractivity contribution in [2.24, 2.45) is 0 Å². The first-order valence-corrected chi connectivity index (χ1v) is 5.33. The van der Waals surface area contributed by atoms with Crippen molar-refractivity contribution >= 4 is 5.69 Å². The molecule has 0 unspecified atom stereocenters. The molecule has 6 heteroatoms. The van der Waals surface area contributed by atoms with Crippen LogP contribution in [0, 0.1) is 11.3 Å². The SMILES string of the molecule is COCCCNc1ccc(C(F)(F)F)cc1C#N. The topological polar surface area (TPSA) is 45.0 Å². The van der Waals surface area contributed by atoms with Gasteiger partial charge in [0, 0.05) is 20.3 Å². The minimum absolute atomic E-state index is 0.0118. The smallest absolute Gasteiger partial charge is 0.385 e. The number of halogens is 3. The van der Waals surface area contributed by atoms with Gasteiger partial charge < -0.3 is 10.1 Å². The lowest BCUT2D eigenvalue weighted by atomic mass is 10.1. The summed E-state index contributed by atoms with van der Waals surface area (Å²) < 4.78 is 42.2. The molecule has 1 aromatic rings. The van der Waals surface area contributed by atoms with Gasteiger partial charge in [0.05, 0.1) is 16.8 Å². The van der Waals surface area contributed by atoms with Crippen LogP contribution in [0.25, 0.3) is 0 Å². The van der Waals surface area contributed by atoms with Gasteiger partial charge in [-0.25, -0.2) is 0 Å². The minimum Gasteiger partial charge on any atom is -0.385 e. The second kappa shape index (κ2) is 6.26. The molecule has 1 aromatic carbocycles. The van der Waals surface area contributed by atoms with E-state index in [2.05, 4.69) is 5.32 Å². The summed E-state index contributed by atoms with van der Waals surface area (Å²) in [6, 6.07) is 4.83. The first kappa shape index (κ1) is 14.3. The zero-order valence-electron chi connectivity index (χ0n) is 9.84. The molecule has 0 fully saturated rings. The predicted molar refractivity (Wildman–Crippen MR) is 61.1 cm³/mol. The summed E-state index contributed by atoms with van der Waals surface area (Å²) in [7, 11) is 1.57. The molecule has 0 saturated heterocycles. The molecule has 0 aliphatic carbocycles. The van der Waals surface area contributed by atoms with E-state index >= 15 is 0 Å². The summed E-state index contributed by atoms with van der Waals surface area (Å²) in [6.07, 6.45) is -3.72. The Morgan fingerprint density at radius 1 is 1.39 bits per heavy atom. The number of anilines is 1. The van der Waals surface area contributed by atoms with Gasteiger partial charge in [0.1, 0.15) is 6.07 Å². The number of hydrogen-bond donors (Lipinski definition) is 1. The summed E-state index contributed by atoms with van der Waals surface area (Å²) in [6.45, 7) is 1.09. The number of ether oxygens (including phenoxy) is 1. The van der Waals surface area contributed by atoms with Crippen LogP contribution in [0.3, 0.4) is 0 Å². The second-order valence-electron chi connectivity index (χ2n) is 3.64. The number of benzene rings is 1. The van der Waals surface area contributed by atoms with Gasteiger partial charge in [-0.2, -0.15) is 18.4 Å². The number of nitriles is 1. The Morgan fingerprint density at radius 2 is 2.11 bits per heavy atom. The van der Waals surface area contributed by atoms with E-state index in [1.54, 1.807) is 13.2 Å². The molecule has 0 spiro atoms. The van der Waals surface area contributed by atoms with Gasteiger partial charge in [0.2, 0.25) is 0 Å². The normalized spacial score (nSPS) is 11.1. The molecule has 0 amide bonds. The van der Waals surface area contributed by atoms with Crippen LogP contribution in [0.5, 0.6) is 0 Å². The zero-order valence-corrected chi connectivity index (χ0v) is 9.84. The van der Waals surface area contributed by atoms with Crippen molar-refractivity contribution in [2.75, 3.05) is 25.6 Å². The Kier molecular flexibility index (Phi) is 4.98. The van der Waals surface area contributed by atoms with Gasteiger partial charge in [-0.05, 0) is 24.6 Å². The average molecular weight is 258 g/mol. The van der Waals surface area contributed by atoms with Crippen LogP contribution in [0.15, 0.2) is 18.2 Å². The summed E-state index contributed by atoms with van der Waals surface area (Å²) in [5.74, 6) is 0. The predicted octanol–water partition coefficient (Wildman–Crippen LogP) is 3.03. The monoisotopic (exact) mass is 258 g/mol. The number of nitrogens with one attached hydrogen (secondary N) is 1. The number of alkyl halides is 3. The van der Waals surface area contributed by atoms with E-state index in [1.807, 2.05) is 0 Å². The van der Waals surface area contributed by atoms with Gasteiger partial charge >= 0.3 is 6.18 Å². The molecule has 98 valence electrons. The molecule has 1 rings (SSSR count). The van der Waals surface area contributed by atoms with Crippen LogP contribution < -0.4 is 5.32 Å². The van der Waals surface area contributed by atoms with Crippen molar-refractivity contribution in [3.8, 4) is 6.07 Å². The highest BCUT2D eigenvalue weighted by Crippen LogP contribution is 2.31. The highest BCUT2D eigenvalue weighted by atomic mass is 19.4. The maximum atomic E-state index is 12.4. The van der Waals surface area contributed by atoms with Crippen molar-refractivity contribution in [3.63, 3.8) is 0 Å². The van der Waals surface area contributed by atoms with Crippen LogP contribution >= 0.6 is 0 Å². The summed E-state index contributed by atoms with van der Waals surface area (Å²) in [5.41, 5.74) is -0.426. The van der Waals surface area contributed by atoms with E-state index in [0.717, 1.165) is 12.1 Å². The summed E-state index contributed by atoms with van der Waals surface area (Å²) >= 11 is 0. The molecule has 0 aliphatic heterocycles. The maximum Gasteiger partial charge on any atom is 0.416 e. The largest absolute Gasteiger partial charge is 0.416 e. The third-order valence-corrected chi connectivity index (χ3v) is 2.31. The lowest BCUT2D eigenvalue weighted by Crippen LogP contribution is -2.09. The number of hydrogen-bond acceptors (Lipinski definition) is 3. The molecular formula is C12H13F3N2O. The Hall–Kier alpha value is -1.74. The molecule has 0 atom stereocenters. The lowest BCUT2D eigenvalue weighted by Gasteiger charge is -2.11. The quantitative estimate of drug-likeness (QED) is 0.826. The fourth-order valence-corrected chi connectivity index (χ4v) is 1.41. The summed E-state index contributed by atoms with van der Waals surface area (Å²) in [5, 5.41) is 11.7. The van der Waals surface area contributed by atoms with Crippen LogP contribution in [0.4, 0.5) is 18.9 Å². The molecule has 0 saturated carbocycles. The molecule has 0 radical (unpaired) electrons. The van der Waals surface area contributed by atoms with Crippen LogP contribution in [-0.4, -0.2) is 20.3 Å². The molecule has 0 aliphatic rings. The van der Waals surface area contributed by atoms with E-state index in [4.69, 9.17) is 10.00 Å². The molecule has 3 nitrogen and oxygen atoms in total. The lowest BCUT2D eigenvalue weighted by molar-refractivity contribution is -0.137. The first-order chi connectivity index (χ1) is 8.49. The second-order valence-corrected chi connectivity index (χ2v) is 3.64. The molecule has 0 aromatic heterocycles. The highest BCUT2D eigenvalue weighted by molar-refractivity contribution is 5.58. The molecule has 1 N–H and O–H groups in total. The molecule has 18 heavy (non-hydrogen) atoms. The van der Waals surface area contributed by atoms with Gasteiger partial charge in [0.15, 0.2) is 0 Å². The van der Waals surface area contributed by atoms with Crippen molar-refractivity contribution in [1.29, 1.82) is 5.26 Å². The van der Waals surface area contributed by atoms with Gasteiger partial charge in [-0.3, -0.25) is 0 Å². The van der Waals surface area contributed by atoms with Crippen LogP contribution in [-0.2, 0) is 10.9 Å². The Balaban J connectivity index is 2.79. The van der Waals surface area contributed by atoms with Gasteiger partial charge in [-0.15, -0.1) is 0 Å². The maximum absolute atomic E-state index is 12.4. The molecular weight excluding hydrogens is 245 g/mol. The average Bonchev–Trinajstić information content (AvgIpc) is 2.33. The third-order valence-electron chi connectivity index (χ3n) is 2.31. The molecule has 0 heterocycles. The highest BCUT2D eigenvalue weighted by Gasteiger charge is 2.30.